The number of pyridine rings is 1. The van der Waals surface area contributed by atoms with Gasteiger partial charge in [0.05, 0.1) is 10.8 Å². The highest BCUT2D eigenvalue weighted by Crippen LogP contribution is 2.25. The number of halogens is 1. The summed E-state index contributed by atoms with van der Waals surface area (Å²) < 4.78 is 45.8. The van der Waals surface area contributed by atoms with Crippen molar-refractivity contribution in [1.29, 1.82) is 0 Å². The molecule has 1 aliphatic rings. The Hall–Kier alpha value is -2.30. The minimum atomic E-state index is -3.49. The maximum absolute atomic E-state index is 13.7. The first kappa shape index (κ1) is 21.0. The summed E-state index contributed by atoms with van der Waals surface area (Å²) in [6.45, 7) is 2.81. The van der Waals surface area contributed by atoms with Crippen LogP contribution in [0.4, 0.5) is 4.39 Å². The van der Waals surface area contributed by atoms with Gasteiger partial charge in [-0.2, -0.15) is 9.29 Å². The Bertz CT molecular complexity index is 1130. The summed E-state index contributed by atoms with van der Waals surface area (Å²) in [5, 5.41) is 4.54. The summed E-state index contributed by atoms with van der Waals surface area (Å²) in [5.74, 6) is 0.743. The molecule has 2 aromatic heterocycles. The van der Waals surface area contributed by atoms with Gasteiger partial charge in [-0.15, -0.1) is 0 Å². The van der Waals surface area contributed by atoms with Gasteiger partial charge in [0, 0.05) is 24.8 Å². The lowest BCUT2D eigenvalue weighted by atomic mass is 10.1. The molecule has 0 saturated carbocycles. The average molecular weight is 449 g/mol. The molecule has 158 valence electrons. The summed E-state index contributed by atoms with van der Waals surface area (Å²) in [7, 11) is -3.49. The van der Waals surface area contributed by atoms with Crippen molar-refractivity contribution in [3.8, 4) is 11.4 Å². The SMILES string of the molecule is Cc1ccc(-c2noc(CSc3ccc(S(=O)(=O)N4CCCCC4)cn3)n2)cc1F. The molecule has 0 unspecified atom stereocenters. The molecule has 30 heavy (non-hydrogen) atoms. The minimum Gasteiger partial charge on any atom is -0.338 e. The molecule has 3 aromatic rings. The van der Waals surface area contributed by atoms with Crippen LogP contribution in [0.2, 0.25) is 0 Å². The van der Waals surface area contributed by atoms with Crippen molar-refractivity contribution in [3.05, 3.63) is 53.8 Å². The Labute approximate surface area is 178 Å². The van der Waals surface area contributed by atoms with Gasteiger partial charge in [0.2, 0.25) is 21.7 Å². The van der Waals surface area contributed by atoms with Crippen molar-refractivity contribution in [1.82, 2.24) is 19.4 Å². The van der Waals surface area contributed by atoms with Gasteiger partial charge < -0.3 is 4.52 Å². The van der Waals surface area contributed by atoms with Crippen LogP contribution >= 0.6 is 11.8 Å². The molecule has 10 heteroatoms. The van der Waals surface area contributed by atoms with Crippen LogP contribution in [0.3, 0.4) is 0 Å². The number of benzene rings is 1. The van der Waals surface area contributed by atoms with E-state index >= 15 is 0 Å². The molecule has 3 heterocycles. The molecular weight excluding hydrogens is 427 g/mol. The van der Waals surface area contributed by atoms with Gasteiger partial charge in [0.15, 0.2) is 0 Å². The highest BCUT2D eigenvalue weighted by molar-refractivity contribution is 7.98. The van der Waals surface area contributed by atoms with Crippen molar-refractivity contribution in [2.45, 2.75) is 41.9 Å². The minimum absolute atomic E-state index is 0.204. The van der Waals surface area contributed by atoms with E-state index in [2.05, 4.69) is 15.1 Å². The summed E-state index contributed by atoms with van der Waals surface area (Å²) >= 11 is 1.35. The largest absolute Gasteiger partial charge is 0.338 e. The van der Waals surface area contributed by atoms with Crippen LogP contribution in [0.5, 0.6) is 0 Å². The first-order chi connectivity index (χ1) is 14.4. The van der Waals surface area contributed by atoms with Gasteiger partial charge in [-0.1, -0.05) is 35.5 Å². The molecule has 4 rings (SSSR count). The smallest absolute Gasteiger partial charge is 0.244 e. The van der Waals surface area contributed by atoms with E-state index in [9.17, 15) is 12.8 Å². The van der Waals surface area contributed by atoms with Crippen LogP contribution < -0.4 is 0 Å². The number of hydrogen-bond donors (Lipinski definition) is 0. The molecule has 0 atom stereocenters. The first-order valence-corrected chi connectivity index (χ1v) is 12.0. The Morgan fingerprint density at radius 3 is 2.67 bits per heavy atom. The van der Waals surface area contributed by atoms with Gasteiger partial charge in [0.1, 0.15) is 10.7 Å². The fourth-order valence-electron chi connectivity index (χ4n) is 3.16. The number of hydrogen-bond acceptors (Lipinski definition) is 7. The number of thioether (sulfide) groups is 1. The normalized spacial score (nSPS) is 15.4. The quantitative estimate of drug-likeness (QED) is 0.526. The van der Waals surface area contributed by atoms with Crippen LogP contribution in [0, 0.1) is 12.7 Å². The molecule has 0 radical (unpaired) electrons. The molecular formula is C20H21FN4O3S2. The third-order valence-corrected chi connectivity index (χ3v) is 7.71. The van der Waals surface area contributed by atoms with Crippen molar-refractivity contribution in [3.63, 3.8) is 0 Å². The monoisotopic (exact) mass is 448 g/mol. The first-order valence-electron chi connectivity index (χ1n) is 9.61. The number of nitrogens with zero attached hydrogens (tertiary/aromatic N) is 4. The second-order valence-electron chi connectivity index (χ2n) is 7.06. The van der Waals surface area contributed by atoms with Crippen LogP contribution in [-0.2, 0) is 15.8 Å². The van der Waals surface area contributed by atoms with Gasteiger partial charge >= 0.3 is 0 Å². The lowest BCUT2D eigenvalue weighted by Gasteiger charge is -2.25. The highest BCUT2D eigenvalue weighted by Gasteiger charge is 2.26. The molecule has 1 aliphatic heterocycles. The van der Waals surface area contributed by atoms with E-state index in [0.29, 0.717) is 46.7 Å². The van der Waals surface area contributed by atoms with Crippen LogP contribution in [0.1, 0.15) is 30.7 Å². The average Bonchev–Trinajstić information content (AvgIpc) is 3.24. The second kappa shape index (κ2) is 8.83. The molecule has 1 aromatic carbocycles. The lowest BCUT2D eigenvalue weighted by Crippen LogP contribution is -2.35. The predicted octanol–water partition coefficient (Wildman–Crippen LogP) is 4.05. The summed E-state index contributed by atoms with van der Waals surface area (Å²) in [5.41, 5.74) is 1.10. The standard InChI is InChI=1S/C20H21FN4O3S2/c1-14-5-6-15(11-17(14)21)20-23-18(28-24-20)13-29-19-8-7-16(12-22-19)30(26,27)25-9-3-2-4-10-25/h5-8,11-12H,2-4,9-10,13H2,1H3. The fraction of sp³-hybridized carbons (Fsp3) is 0.350. The molecule has 0 amide bonds. The van der Waals surface area contributed by atoms with E-state index in [-0.39, 0.29) is 10.7 Å². The third-order valence-electron chi connectivity index (χ3n) is 4.90. The van der Waals surface area contributed by atoms with E-state index in [1.807, 2.05) is 0 Å². The van der Waals surface area contributed by atoms with Crippen molar-refractivity contribution in [2.24, 2.45) is 0 Å². The maximum Gasteiger partial charge on any atom is 0.244 e. The fourth-order valence-corrected chi connectivity index (χ4v) is 5.30. The molecule has 0 N–H and O–H groups in total. The summed E-state index contributed by atoms with van der Waals surface area (Å²) in [6, 6.07) is 8.03. The Balaban J connectivity index is 1.40. The predicted molar refractivity (Wildman–Crippen MR) is 111 cm³/mol. The van der Waals surface area contributed by atoms with Crippen LogP contribution in [0.15, 0.2) is 51.0 Å². The summed E-state index contributed by atoms with van der Waals surface area (Å²) in [6.07, 6.45) is 4.24. The number of piperidine rings is 1. The van der Waals surface area contributed by atoms with E-state index in [0.717, 1.165) is 19.3 Å². The maximum atomic E-state index is 13.7. The molecule has 0 bridgehead atoms. The van der Waals surface area contributed by atoms with E-state index in [4.69, 9.17) is 4.52 Å². The van der Waals surface area contributed by atoms with E-state index in [1.54, 1.807) is 31.2 Å². The number of aryl methyl sites for hydroxylation is 1. The summed E-state index contributed by atoms with van der Waals surface area (Å²) in [4.78, 5) is 8.75. The Morgan fingerprint density at radius 2 is 1.97 bits per heavy atom. The Morgan fingerprint density at radius 1 is 1.17 bits per heavy atom. The molecule has 1 fully saturated rings. The van der Waals surface area contributed by atoms with Gasteiger partial charge in [-0.3, -0.25) is 0 Å². The lowest BCUT2D eigenvalue weighted by molar-refractivity contribution is 0.346. The molecule has 0 spiro atoms. The highest BCUT2D eigenvalue weighted by atomic mass is 32.2. The van der Waals surface area contributed by atoms with Crippen molar-refractivity contribution < 1.29 is 17.3 Å². The second-order valence-corrected chi connectivity index (χ2v) is 9.99. The van der Waals surface area contributed by atoms with E-state index < -0.39 is 10.0 Å². The van der Waals surface area contributed by atoms with Gasteiger partial charge in [-0.05, 0) is 43.5 Å². The van der Waals surface area contributed by atoms with Crippen LogP contribution in [0.25, 0.3) is 11.4 Å². The topological polar surface area (TPSA) is 89.2 Å². The van der Waals surface area contributed by atoms with Gasteiger partial charge in [0.25, 0.3) is 0 Å². The zero-order chi connectivity index (χ0) is 21.1. The van der Waals surface area contributed by atoms with Crippen molar-refractivity contribution in [2.75, 3.05) is 13.1 Å². The van der Waals surface area contributed by atoms with Crippen LogP contribution in [-0.4, -0.2) is 40.9 Å². The number of aromatic nitrogens is 3. The molecule has 7 nitrogen and oxygen atoms in total. The third kappa shape index (κ3) is 4.55. The Kier molecular flexibility index (Phi) is 6.16. The number of rotatable bonds is 6. The molecule has 0 aliphatic carbocycles. The van der Waals surface area contributed by atoms with Crippen molar-refractivity contribution >= 4 is 21.8 Å². The number of sulfonamides is 1. The van der Waals surface area contributed by atoms with E-state index in [1.165, 1.54) is 28.3 Å². The molecule has 1 saturated heterocycles. The zero-order valence-corrected chi connectivity index (χ0v) is 18.0. The zero-order valence-electron chi connectivity index (χ0n) is 16.4. The van der Waals surface area contributed by atoms with Gasteiger partial charge in [-0.25, -0.2) is 17.8 Å².